The van der Waals surface area contributed by atoms with Crippen molar-refractivity contribution in [2.75, 3.05) is 0 Å². The SMILES string of the molecule is OBO.c1ccc(-c2cccc3c2[nH]c2ccccc23)cc1. The molecular weight excluding hydrogens is 273 g/mol. The highest BCUT2D eigenvalue weighted by Crippen LogP contribution is 2.32. The average Bonchev–Trinajstić information content (AvgIpc) is 2.95. The molecule has 3 nitrogen and oxygen atoms in total. The minimum Gasteiger partial charge on any atom is -0.430 e. The summed E-state index contributed by atoms with van der Waals surface area (Å²) in [6.07, 6.45) is 0. The molecule has 4 aromatic rings. The number of benzene rings is 3. The minimum absolute atomic E-state index is 0.750. The highest BCUT2D eigenvalue weighted by molar-refractivity contribution is 6.13. The zero-order valence-electron chi connectivity index (χ0n) is 12.0. The summed E-state index contributed by atoms with van der Waals surface area (Å²) in [5, 5.41) is 16.8. The number of rotatable bonds is 1. The van der Waals surface area contributed by atoms with Crippen LogP contribution >= 0.6 is 0 Å². The van der Waals surface area contributed by atoms with Crippen LogP contribution in [0, 0.1) is 0 Å². The number of para-hydroxylation sites is 2. The smallest absolute Gasteiger partial charge is 0.430 e. The molecule has 0 unspecified atom stereocenters. The van der Waals surface area contributed by atoms with Gasteiger partial charge in [-0.2, -0.15) is 0 Å². The largest absolute Gasteiger partial charge is 0.432 e. The Bertz CT molecular complexity index is 887. The normalized spacial score (nSPS) is 10.3. The molecule has 0 radical (unpaired) electrons. The van der Waals surface area contributed by atoms with Crippen molar-refractivity contribution in [3.63, 3.8) is 0 Å². The first kappa shape index (κ1) is 14.4. The number of hydrogen-bond acceptors (Lipinski definition) is 2. The van der Waals surface area contributed by atoms with Crippen LogP contribution in [0.4, 0.5) is 0 Å². The van der Waals surface area contributed by atoms with Gasteiger partial charge in [-0.1, -0.05) is 66.7 Å². The Labute approximate surface area is 129 Å². The van der Waals surface area contributed by atoms with E-state index < -0.39 is 7.69 Å². The topological polar surface area (TPSA) is 56.2 Å². The number of aromatic amines is 1. The van der Waals surface area contributed by atoms with Crippen LogP contribution < -0.4 is 0 Å². The van der Waals surface area contributed by atoms with E-state index in [1.165, 1.54) is 32.9 Å². The van der Waals surface area contributed by atoms with E-state index in [-0.39, 0.29) is 0 Å². The highest BCUT2D eigenvalue weighted by Gasteiger charge is 2.08. The van der Waals surface area contributed by atoms with E-state index in [4.69, 9.17) is 10.0 Å². The van der Waals surface area contributed by atoms with Gasteiger partial charge >= 0.3 is 7.69 Å². The molecule has 0 spiro atoms. The molecule has 4 rings (SSSR count). The van der Waals surface area contributed by atoms with Gasteiger partial charge < -0.3 is 15.0 Å². The monoisotopic (exact) mass is 289 g/mol. The van der Waals surface area contributed by atoms with Crippen LogP contribution in [0.3, 0.4) is 0 Å². The molecule has 0 bridgehead atoms. The summed E-state index contributed by atoms with van der Waals surface area (Å²) < 4.78 is 0. The number of fused-ring (bicyclic) bond motifs is 3. The molecule has 0 atom stereocenters. The van der Waals surface area contributed by atoms with Gasteiger partial charge in [0.1, 0.15) is 0 Å². The number of aromatic nitrogens is 1. The molecule has 0 fully saturated rings. The fourth-order valence-electron chi connectivity index (χ4n) is 2.73. The Kier molecular flexibility index (Phi) is 4.23. The van der Waals surface area contributed by atoms with E-state index in [9.17, 15) is 0 Å². The van der Waals surface area contributed by atoms with Crippen molar-refractivity contribution in [2.24, 2.45) is 0 Å². The van der Waals surface area contributed by atoms with Gasteiger partial charge in [-0.15, -0.1) is 0 Å². The summed E-state index contributed by atoms with van der Waals surface area (Å²) in [6.45, 7) is 0. The average molecular weight is 289 g/mol. The van der Waals surface area contributed by atoms with Gasteiger partial charge in [-0.3, -0.25) is 0 Å². The summed E-state index contributed by atoms with van der Waals surface area (Å²) in [4.78, 5) is 3.55. The van der Waals surface area contributed by atoms with Crippen molar-refractivity contribution in [3.8, 4) is 11.1 Å². The van der Waals surface area contributed by atoms with Crippen LogP contribution in [0.2, 0.25) is 0 Å². The lowest BCUT2D eigenvalue weighted by Gasteiger charge is -2.03. The third kappa shape index (κ3) is 2.62. The Morgan fingerprint density at radius 3 is 2.09 bits per heavy atom. The lowest BCUT2D eigenvalue weighted by atomic mass is 10.0. The molecule has 0 amide bonds. The van der Waals surface area contributed by atoms with Crippen molar-refractivity contribution in [1.82, 2.24) is 4.98 Å². The molecule has 22 heavy (non-hydrogen) atoms. The van der Waals surface area contributed by atoms with Crippen LogP contribution in [0.5, 0.6) is 0 Å². The second kappa shape index (κ2) is 6.47. The first-order valence-corrected chi connectivity index (χ1v) is 7.11. The predicted octanol–water partition coefficient (Wildman–Crippen LogP) is 3.23. The Hall–Kier alpha value is -2.56. The number of H-pyrrole nitrogens is 1. The zero-order chi connectivity index (χ0) is 15.4. The molecule has 3 aromatic carbocycles. The maximum absolute atomic E-state index is 7.12. The third-order valence-electron chi connectivity index (χ3n) is 3.63. The van der Waals surface area contributed by atoms with Gasteiger partial charge in [0.15, 0.2) is 0 Å². The fraction of sp³-hybridized carbons (Fsp3) is 0. The highest BCUT2D eigenvalue weighted by atomic mass is 16.4. The standard InChI is InChI=1S/C18H13N.BH3O2/c1-2-7-13(8-3-1)14-10-6-11-16-15-9-4-5-12-17(15)19-18(14)16;2-1-3/h1-12,19H;1-3H. The summed E-state index contributed by atoms with van der Waals surface area (Å²) in [5.41, 5.74) is 4.92. The molecule has 0 aliphatic rings. The first-order valence-electron chi connectivity index (χ1n) is 7.11. The molecule has 108 valence electrons. The van der Waals surface area contributed by atoms with Crippen molar-refractivity contribution in [3.05, 3.63) is 72.8 Å². The molecule has 0 saturated heterocycles. The van der Waals surface area contributed by atoms with Crippen LogP contribution in [-0.4, -0.2) is 22.7 Å². The van der Waals surface area contributed by atoms with Crippen LogP contribution in [0.15, 0.2) is 72.8 Å². The fourth-order valence-corrected chi connectivity index (χ4v) is 2.73. The number of hydrogen-bond donors (Lipinski definition) is 3. The molecule has 1 heterocycles. The molecule has 3 N–H and O–H groups in total. The number of nitrogens with one attached hydrogen (secondary N) is 1. The second-order valence-corrected chi connectivity index (χ2v) is 4.91. The van der Waals surface area contributed by atoms with Crippen LogP contribution in [-0.2, 0) is 0 Å². The Morgan fingerprint density at radius 2 is 1.32 bits per heavy atom. The molecule has 0 aliphatic carbocycles. The van der Waals surface area contributed by atoms with Gasteiger partial charge in [0.05, 0.1) is 5.52 Å². The summed E-state index contributed by atoms with van der Waals surface area (Å²) in [6, 6.07) is 25.5. The van der Waals surface area contributed by atoms with Gasteiger partial charge in [-0.05, 0) is 11.6 Å². The summed E-state index contributed by atoms with van der Waals surface area (Å²) >= 11 is 0. The molecule has 4 heteroatoms. The van der Waals surface area contributed by atoms with Gasteiger partial charge in [0.25, 0.3) is 0 Å². The molecule has 1 aromatic heterocycles. The van der Waals surface area contributed by atoms with E-state index in [2.05, 4.69) is 77.8 Å². The third-order valence-corrected chi connectivity index (χ3v) is 3.63. The van der Waals surface area contributed by atoms with Crippen molar-refractivity contribution < 1.29 is 10.0 Å². The van der Waals surface area contributed by atoms with Gasteiger partial charge in [-0.25, -0.2) is 0 Å². The Balaban J connectivity index is 0.000000446. The van der Waals surface area contributed by atoms with Crippen molar-refractivity contribution in [1.29, 1.82) is 0 Å². The summed E-state index contributed by atoms with van der Waals surface area (Å²) in [5.74, 6) is 0. The maximum Gasteiger partial charge on any atom is 0.432 e. The van der Waals surface area contributed by atoms with E-state index in [0.29, 0.717) is 0 Å². The van der Waals surface area contributed by atoms with Crippen LogP contribution in [0.1, 0.15) is 0 Å². The quantitative estimate of drug-likeness (QED) is 0.471. The zero-order valence-corrected chi connectivity index (χ0v) is 12.0. The van der Waals surface area contributed by atoms with Crippen molar-refractivity contribution >= 4 is 29.5 Å². The van der Waals surface area contributed by atoms with Gasteiger partial charge in [0.2, 0.25) is 0 Å². The van der Waals surface area contributed by atoms with Crippen LogP contribution in [0.25, 0.3) is 32.9 Å². The molecular formula is C18H16BNO2. The lowest BCUT2D eigenvalue weighted by molar-refractivity contribution is 0.448. The first-order chi connectivity index (χ1) is 10.8. The second-order valence-electron chi connectivity index (χ2n) is 4.91. The van der Waals surface area contributed by atoms with E-state index in [0.717, 1.165) is 0 Å². The van der Waals surface area contributed by atoms with E-state index >= 15 is 0 Å². The van der Waals surface area contributed by atoms with Crippen molar-refractivity contribution in [2.45, 2.75) is 0 Å². The Morgan fingerprint density at radius 1 is 0.682 bits per heavy atom. The summed E-state index contributed by atoms with van der Waals surface area (Å²) in [7, 11) is -0.750. The molecule has 0 saturated carbocycles. The minimum atomic E-state index is -0.750. The van der Waals surface area contributed by atoms with Gasteiger partial charge in [0, 0.05) is 21.9 Å². The van der Waals surface area contributed by atoms with E-state index in [1.54, 1.807) is 0 Å². The maximum atomic E-state index is 7.12. The predicted molar refractivity (Wildman–Crippen MR) is 92.8 cm³/mol. The van der Waals surface area contributed by atoms with E-state index in [1.807, 2.05) is 0 Å². The lowest BCUT2D eigenvalue weighted by Crippen LogP contribution is -1.79. The molecule has 0 aliphatic heterocycles.